The number of rotatable bonds is 3. The van der Waals surface area contributed by atoms with Crippen molar-refractivity contribution in [3.05, 3.63) is 50.9 Å². The van der Waals surface area contributed by atoms with Crippen LogP contribution in [0.2, 0.25) is 4.34 Å². The Hall–Kier alpha value is -0.940. The van der Waals surface area contributed by atoms with E-state index in [1.54, 1.807) is 11.3 Å². The molecule has 0 amide bonds. The minimum absolute atomic E-state index is 0.218. The molecule has 0 aliphatic carbocycles. The van der Waals surface area contributed by atoms with Gasteiger partial charge in [-0.25, -0.2) is 0 Å². The molecule has 20 heavy (non-hydrogen) atoms. The van der Waals surface area contributed by atoms with E-state index in [0.717, 1.165) is 36.2 Å². The number of piperazine rings is 1. The maximum absolute atomic E-state index is 6.12. The summed E-state index contributed by atoms with van der Waals surface area (Å²) < 4.78 is 0.840. The fourth-order valence-corrected chi connectivity index (χ4v) is 3.78. The van der Waals surface area contributed by atoms with Crippen LogP contribution in [0.1, 0.15) is 22.2 Å². The van der Waals surface area contributed by atoms with E-state index in [2.05, 4.69) is 40.3 Å². The Morgan fingerprint density at radius 2 is 2.05 bits per heavy atom. The van der Waals surface area contributed by atoms with Crippen LogP contribution in [0.5, 0.6) is 0 Å². The summed E-state index contributed by atoms with van der Waals surface area (Å²) in [6.07, 6.45) is 1.94. The summed E-state index contributed by atoms with van der Waals surface area (Å²) in [4.78, 5) is 8.39. The monoisotopic (exact) mass is 307 g/mol. The minimum atomic E-state index is 0.218. The van der Waals surface area contributed by atoms with Gasteiger partial charge in [0.1, 0.15) is 0 Å². The lowest BCUT2D eigenvalue weighted by molar-refractivity contribution is 0.198. The molecular weight excluding hydrogens is 290 g/mol. The Morgan fingerprint density at radius 1 is 1.25 bits per heavy atom. The number of hydrogen-bond acceptors (Lipinski definition) is 4. The number of nitrogens with zero attached hydrogens (tertiary/aromatic N) is 2. The number of pyridine rings is 1. The average Bonchev–Trinajstić information content (AvgIpc) is 2.89. The molecule has 0 spiro atoms. The van der Waals surface area contributed by atoms with Gasteiger partial charge < -0.3 is 5.32 Å². The Labute approximate surface area is 128 Å². The maximum atomic E-state index is 6.12. The van der Waals surface area contributed by atoms with Crippen molar-refractivity contribution in [2.24, 2.45) is 0 Å². The van der Waals surface area contributed by atoms with Gasteiger partial charge in [0.15, 0.2) is 0 Å². The van der Waals surface area contributed by atoms with Crippen LogP contribution in [-0.2, 0) is 0 Å². The molecule has 0 radical (unpaired) electrons. The molecule has 3 rings (SSSR count). The topological polar surface area (TPSA) is 28.2 Å². The number of aryl methyl sites for hydroxylation is 1. The zero-order valence-electron chi connectivity index (χ0n) is 11.5. The third-order valence-corrected chi connectivity index (χ3v) is 4.88. The van der Waals surface area contributed by atoms with Crippen LogP contribution >= 0.6 is 22.9 Å². The molecule has 0 bridgehead atoms. The first kappa shape index (κ1) is 14.0. The van der Waals surface area contributed by atoms with Crippen molar-refractivity contribution in [3.63, 3.8) is 0 Å². The predicted octanol–water partition coefficient (Wildman–Crippen LogP) is 3.10. The molecule has 1 saturated heterocycles. The fraction of sp³-hybridized carbons (Fsp3) is 0.400. The van der Waals surface area contributed by atoms with E-state index in [4.69, 9.17) is 11.6 Å². The molecule has 3 nitrogen and oxygen atoms in total. The first-order valence-electron chi connectivity index (χ1n) is 6.86. The first-order valence-corrected chi connectivity index (χ1v) is 8.06. The van der Waals surface area contributed by atoms with Crippen molar-refractivity contribution < 1.29 is 0 Å². The Kier molecular flexibility index (Phi) is 4.36. The van der Waals surface area contributed by atoms with E-state index in [9.17, 15) is 0 Å². The second-order valence-electron chi connectivity index (χ2n) is 5.09. The van der Waals surface area contributed by atoms with Gasteiger partial charge in [0.2, 0.25) is 0 Å². The quantitative estimate of drug-likeness (QED) is 0.944. The highest BCUT2D eigenvalue weighted by Crippen LogP contribution is 2.34. The SMILES string of the molecule is Cc1ccc(C(c2ccc(Cl)s2)N2CCNCC2)nc1. The normalized spacial score (nSPS) is 18.1. The average molecular weight is 308 g/mol. The van der Waals surface area contributed by atoms with E-state index in [1.807, 2.05) is 12.3 Å². The van der Waals surface area contributed by atoms with Crippen molar-refractivity contribution in [2.75, 3.05) is 26.2 Å². The van der Waals surface area contributed by atoms with Crippen LogP contribution in [0.25, 0.3) is 0 Å². The van der Waals surface area contributed by atoms with Gasteiger partial charge in [-0.05, 0) is 30.7 Å². The van der Waals surface area contributed by atoms with E-state index in [0.29, 0.717) is 0 Å². The molecular formula is C15H18ClN3S. The molecule has 1 fully saturated rings. The van der Waals surface area contributed by atoms with Crippen LogP contribution in [0.4, 0.5) is 0 Å². The van der Waals surface area contributed by atoms with E-state index >= 15 is 0 Å². The smallest absolute Gasteiger partial charge is 0.0931 e. The molecule has 0 saturated carbocycles. The van der Waals surface area contributed by atoms with Gasteiger partial charge in [-0.3, -0.25) is 9.88 Å². The molecule has 5 heteroatoms. The van der Waals surface area contributed by atoms with Crippen molar-refractivity contribution in [1.29, 1.82) is 0 Å². The molecule has 2 aromatic heterocycles. The summed E-state index contributed by atoms with van der Waals surface area (Å²) in [5, 5.41) is 3.40. The summed E-state index contributed by atoms with van der Waals surface area (Å²) in [5.74, 6) is 0. The third kappa shape index (κ3) is 3.04. The molecule has 3 heterocycles. The highest BCUT2D eigenvalue weighted by atomic mass is 35.5. The molecule has 1 N–H and O–H groups in total. The zero-order valence-corrected chi connectivity index (χ0v) is 13.0. The summed E-state index contributed by atoms with van der Waals surface area (Å²) >= 11 is 7.78. The molecule has 1 aliphatic heterocycles. The van der Waals surface area contributed by atoms with Crippen LogP contribution in [0, 0.1) is 6.92 Å². The van der Waals surface area contributed by atoms with Gasteiger partial charge in [-0.15, -0.1) is 11.3 Å². The first-order chi connectivity index (χ1) is 9.74. The summed E-state index contributed by atoms with van der Waals surface area (Å²) in [6.45, 7) is 6.20. The highest BCUT2D eigenvalue weighted by molar-refractivity contribution is 7.16. The van der Waals surface area contributed by atoms with Crippen LogP contribution in [-0.4, -0.2) is 36.1 Å². The van der Waals surface area contributed by atoms with Crippen molar-refractivity contribution in [1.82, 2.24) is 15.2 Å². The largest absolute Gasteiger partial charge is 0.314 e. The van der Waals surface area contributed by atoms with Crippen molar-refractivity contribution in [3.8, 4) is 0 Å². The number of aromatic nitrogens is 1. The number of halogens is 1. The lowest BCUT2D eigenvalue weighted by Gasteiger charge is -2.34. The van der Waals surface area contributed by atoms with Crippen LogP contribution < -0.4 is 5.32 Å². The van der Waals surface area contributed by atoms with Gasteiger partial charge in [0.25, 0.3) is 0 Å². The van der Waals surface area contributed by atoms with E-state index < -0.39 is 0 Å². The number of nitrogens with one attached hydrogen (secondary N) is 1. The molecule has 1 aliphatic rings. The molecule has 1 atom stereocenters. The molecule has 2 aromatic rings. The predicted molar refractivity (Wildman–Crippen MR) is 84.6 cm³/mol. The van der Waals surface area contributed by atoms with Gasteiger partial charge in [-0.2, -0.15) is 0 Å². The third-order valence-electron chi connectivity index (χ3n) is 3.59. The second-order valence-corrected chi connectivity index (χ2v) is 6.84. The van der Waals surface area contributed by atoms with Crippen LogP contribution in [0.3, 0.4) is 0 Å². The Balaban J connectivity index is 1.95. The Bertz CT molecular complexity index is 561. The summed E-state index contributed by atoms with van der Waals surface area (Å²) in [5.41, 5.74) is 2.30. The Morgan fingerprint density at radius 3 is 2.65 bits per heavy atom. The van der Waals surface area contributed by atoms with Crippen molar-refractivity contribution >= 4 is 22.9 Å². The van der Waals surface area contributed by atoms with Gasteiger partial charge in [0, 0.05) is 37.3 Å². The van der Waals surface area contributed by atoms with E-state index in [1.165, 1.54) is 10.4 Å². The fourth-order valence-electron chi connectivity index (χ4n) is 2.57. The lowest BCUT2D eigenvalue weighted by Crippen LogP contribution is -2.45. The van der Waals surface area contributed by atoms with E-state index in [-0.39, 0.29) is 6.04 Å². The molecule has 1 unspecified atom stereocenters. The van der Waals surface area contributed by atoms with Gasteiger partial charge in [-0.1, -0.05) is 17.7 Å². The highest BCUT2D eigenvalue weighted by Gasteiger charge is 2.26. The zero-order chi connectivity index (χ0) is 13.9. The second kappa shape index (κ2) is 6.22. The van der Waals surface area contributed by atoms with Gasteiger partial charge >= 0.3 is 0 Å². The summed E-state index contributed by atoms with van der Waals surface area (Å²) in [7, 11) is 0. The minimum Gasteiger partial charge on any atom is -0.314 e. The molecule has 106 valence electrons. The van der Waals surface area contributed by atoms with Crippen molar-refractivity contribution in [2.45, 2.75) is 13.0 Å². The van der Waals surface area contributed by atoms with Crippen LogP contribution in [0.15, 0.2) is 30.5 Å². The maximum Gasteiger partial charge on any atom is 0.0931 e. The number of hydrogen-bond donors (Lipinski definition) is 1. The number of thiophene rings is 1. The molecule has 0 aromatic carbocycles. The standard InChI is InChI=1S/C15H18ClN3S/c1-11-2-3-12(18-10-11)15(13-4-5-14(16)20-13)19-8-6-17-7-9-19/h2-5,10,15,17H,6-9H2,1H3. The van der Waals surface area contributed by atoms with Gasteiger partial charge in [0.05, 0.1) is 16.1 Å². The lowest BCUT2D eigenvalue weighted by atomic mass is 10.1. The summed E-state index contributed by atoms with van der Waals surface area (Å²) in [6, 6.07) is 8.59.